The molecule has 138 valence electrons. The molecule has 0 saturated carbocycles. The van der Waals surface area contributed by atoms with Gasteiger partial charge in [-0.1, -0.05) is 6.92 Å². The monoisotopic (exact) mass is 595 g/mol. The third kappa shape index (κ3) is 3.22. The molecule has 0 radical (unpaired) electrons. The third-order valence-electron chi connectivity index (χ3n) is 4.91. The predicted octanol–water partition coefficient (Wildman–Crippen LogP) is 4.20. The summed E-state index contributed by atoms with van der Waals surface area (Å²) in [6.45, 7) is 5.19. The molecule has 0 aliphatic carbocycles. The highest BCUT2D eigenvalue weighted by molar-refractivity contribution is 14.1. The van der Waals surface area contributed by atoms with Crippen LogP contribution in [0.5, 0.6) is 5.75 Å². The molecule has 0 fully saturated rings. The minimum atomic E-state index is -0.282. The Balaban J connectivity index is 1.72. The molecule has 1 aromatic heterocycles. The minimum absolute atomic E-state index is 0.0159. The number of hydrogen-bond acceptors (Lipinski definition) is 5. The highest BCUT2D eigenvalue weighted by Gasteiger charge is 2.34. The van der Waals surface area contributed by atoms with Crippen molar-refractivity contribution >= 4 is 67.4 Å². The van der Waals surface area contributed by atoms with Crippen molar-refractivity contribution in [2.24, 2.45) is 0 Å². The number of carbonyl (C=O) groups is 1. The van der Waals surface area contributed by atoms with Gasteiger partial charge < -0.3 is 15.4 Å². The lowest BCUT2D eigenvalue weighted by molar-refractivity contribution is 0.0934. The summed E-state index contributed by atoms with van der Waals surface area (Å²) in [6, 6.07) is 4.14. The first-order chi connectivity index (χ1) is 12.5. The van der Waals surface area contributed by atoms with E-state index in [0.717, 1.165) is 55.1 Å². The molecule has 4 rings (SSSR count). The van der Waals surface area contributed by atoms with Gasteiger partial charge in [-0.2, -0.15) is 0 Å². The highest BCUT2D eigenvalue weighted by atomic mass is 127. The lowest BCUT2D eigenvalue weighted by Gasteiger charge is -2.29. The Bertz CT molecular complexity index is 884. The fraction of sp³-hybridized carbons (Fsp3) is 0.389. The van der Waals surface area contributed by atoms with E-state index in [1.807, 2.05) is 0 Å². The number of anilines is 1. The quantitative estimate of drug-likeness (QED) is 0.523. The van der Waals surface area contributed by atoms with Crippen molar-refractivity contribution in [1.82, 2.24) is 10.2 Å². The lowest BCUT2D eigenvalue weighted by atomic mass is 10.00. The first-order valence-corrected chi connectivity index (χ1v) is 11.5. The number of thiophene rings is 1. The molecule has 1 atom stereocenters. The van der Waals surface area contributed by atoms with Crippen molar-refractivity contribution in [3.8, 4) is 5.75 Å². The summed E-state index contributed by atoms with van der Waals surface area (Å²) >= 11 is 6.30. The standard InChI is InChI=1S/C18H19I2N3O2S/c1-3-23-5-4-10-13(8-23)26-18-14(10)17(24)21-16(22-18)11-6-9(19)7-12(20)15(11)25-2/h6-7,16,22H,3-5,8H2,1-2H3,(H,21,24)/t16-/m1/s1. The van der Waals surface area contributed by atoms with Crippen LogP contribution in [0.1, 0.15) is 39.5 Å². The van der Waals surface area contributed by atoms with Gasteiger partial charge in [0, 0.05) is 27.1 Å². The second-order valence-electron chi connectivity index (χ2n) is 6.39. The van der Waals surface area contributed by atoms with Gasteiger partial charge in [-0.25, -0.2) is 0 Å². The Labute approximate surface area is 184 Å². The van der Waals surface area contributed by atoms with Crippen molar-refractivity contribution in [3.63, 3.8) is 0 Å². The topological polar surface area (TPSA) is 53.6 Å². The molecule has 2 aromatic rings. The van der Waals surface area contributed by atoms with Crippen LogP contribution in [-0.4, -0.2) is 31.0 Å². The number of carbonyl (C=O) groups excluding carboxylic acids is 1. The van der Waals surface area contributed by atoms with Gasteiger partial charge in [0.25, 0.3) is 5.91 Å². The number of methoxy groups -OCH3 is 1. The minimum Gasteiger partial charge on any atom is -0.495 e. The average Bonchev–Trinajstić information content (AvgIpc) is 2.98. The van der Waals surface area contributed by atoms with E-state index in [-0.39, 0.29) is 12.1 Å². The molecular formula is C18H19I2N3O2S. The number of benzene rings is 1. The van der Waals surface area contributed by atoms with Gasteiger partial charge >= 0.3 is 0 Å². The normalized spacial score (nSPS) is 19.4. The first kappa shape index (κ1) is 18.8. The van der Waals surface area contributed by atoms with Crippen LogP contribution in [0.3, 0.4) is 0 Å². The Morgan fingerprint density at radius 2 is 2.15 bits per heavy atom. The largest absolute Gasteiger partial charge is 0.495 e. The second kappa shape index (κ2) is 7.44. The number of fused-ring (bicyclic) bond motifs is 3. The van der Waals surface area contributed by atoms with Crippen molar-refractivity contribution in [2.75, 3.05) is 25.5 Å². The molecule has 2 N–H and O–H groups in total. The number of rotatable bonds is 3. The van der Waals surface area contributed by atoms with Crippen LogP contribution in [0, 0.1) is 7.14 Å². The molecule has 1 amide bonds. The second-order valence-corrected chi connectivity index (χ2v) is 9.90. The number of ether oxygens (including phenoxy) is 1. The third-order valence-corrected chi connectivity index (χ3v) is 7.49. The van der Waals surface area contributed by atoms with E-state index in [2.05, 4.69) is 79.8 Å². The molecule has 8 heteroatoms. The molecule has 2 aliphatic heterocycles. The van der Waals surface area contributed by atoms with Crippen molar-refractivity contribution in [1.29, 1.82) is 0 Å². The zero-order valence-corrected chi connectivity index (χ0v) is 19.6. The summed E-state index contributed by atoms with van der Waals surface area (Å²) in [7, 11) is 1.67. The maximum atomic E-state index is 12.9. The zero-order valence-electron chi connectivity index (χ0n) is 14.5. The van der Waals surface area contributed by atoms with Gasteiger partial charge in [0.2, 0.25) is 0 Å². The van der Waals surface area contributed by atoms with E-state index < -0.39 is 0 Å². The predicted molar refractivity (Wildman–Crippen MR) is 121 cm³/mol. The van der Waals surface area contributed by atoms with Gasteiger partial charge in [0.05, 0.1) is 16.2 Å². The van der Waals surface area contributed by atoms with Crippen LogP contribution < -0.4 is 15.4 Å². The molecule has 1 aromatic carbocycles. The van der Waals surface area contributed by atoms with Gasteiger partial charge in [0.1, 0.15) is 16.9 Å². The molecule has 0 saturated heterocycles. The van der Waals surface area contributed by atoms with Crippen molar-refractivity contribution in [2.45, 2.75) is 26.1 Å². The van der Waals surface area contributed by atoms with Gasteiger partial charge in [0.15, 0.2) is 0 Å². The Kier molecular flexibility index (Phi) is 5.37. The number of halogens is 2. The summed E-state index contributed by atoms with van der Waals surface area (Å²) in [5, 5.41) is 7.66. The van der Waals surface area contributed by atoms with E-state index in [1.54, 1.807) is 18.4 Å². The lowest BCUT2D eigenvalue weighted by Crippen LogP contribution is -2.39. The molecule has 5 nitrogen and oxygen atoms in total. The van der Waals surface area contributed by atoms with E-state index in [9.17, 15) is 4.79 Å². The van der Waals surface area contributed by atoms with Gasteiger partial charge in [-0.3, -0.25) is 9.69 Å². The van der Waals surface area contributed by atoms with E-state index in [1.165, 1.54) is 10.4 Å². The van der Waals surface area contributed by atoms with Crippen LogP contribution >= 0.6 is 56.5 Å². The number of nitrogens with one attached hydrogen (secondary N) is 2. The summed E-state index contributed by atoms with van der Waals surface area (Å²) in [6.07, 6.45) is 0.662. The average molecular weight is 595 g/mol. The molecule has 0 bridgehead atoms. The molecular weight excluding hydrogens is 576 g/mol. The molecule has 0 spiro atoms. The summed E-state index contributed by atoms with van der Waals surface area (Å²) in [5.41, 5.74) is 3.03. The maximum absolute atomic E-state index is 12.9. The van der Waals surface area contributed by atoms with E-state index >= 15 is 0 Å². The van der Waals surface area contributed by atoms with E-state index in [0.29, 0.717) is 0 Å². The van der Waals surface area contributed by atoms with Crippen LogP contribution in [0.4, 0.5) is 5.00 Å². The zero-order chi connectivity index (χ0) is 18.4. The fourth-order valence-corrected chi connectivity index (χ4v) is 7.03. The molecule has 2 aliphatic rings. The Morgan fingerprint density at radius 3 is 2.88 bits per heavy atom. The maximum Gasteiger partial charge on any atom is 0.256 e. The SMILES string of the molecule is CCN1CCc2c(sc3c2C(=O)N[C@@H](c2cc(I)cc(I)c2OC)N3)C1. The molecule has 0 unspecified atom stereocenters. The number of nitrogens with zero attached hydrogens (tertiary/aromatic N) is 1. The van der Waals surface area contributed by atoms with E-state index in [4.69, 9.17) is 4.74 Å². The van der Waals surface area contributed by atoms with Gasteiger partial charge in [-0.05, 0) is 75.8 Å². The summed E-state index contributed by atoms with van der Waals surface area (Å²) in [5.74, 6) is 0.827. The van der Waals surface area contributed by atoms with Crippen LogP contribution in [-0.2, 0) is 13.0 Å². The molecule has 26 heavy (non-hydrogen) atoms. The smallest absolute Gasteiger partial charge is 0.256 e. The Hall–Kier alpha value is -0.590. The van der Waals surface area contributed by atoms with Crippen LogP contribution in [0.15, 0.2) is 12.1 Å². The van der Waals surface area contributed by atoms with Crippen molar-refractivity contribution < 1.29 is 9.53 Å². The van der Waals surface area contributed by atoms with Gasteiger partial charge in [-0.15, -0.1) is 11.3 Å². The number of amides is 1. The number of likely N-dealkylation sites (N-methyl/N-ethyl adjacent to an activating group) is 1. The number of hydrogen-bond donors (Lipinski definition) is 2. The molecule has 3 heterocycles. The highest BCUT2D eigenvalue weighted by Crippen LogP contribution is 2.42. The fourth-order valence-electron chi connectivity index (χ4n) is 3.60. The van der Waals surface area contributed by atoms with Crippen LogP contribution in [0.25, 0.3) is 0 Å². The summed E-state index contributed by atoms with van der Waals surface area (Å²) in [4.78, 5) is 16.7. The first-order valence-electron chi connectivity index (χ1n) is 8.49. The summed E-state index contributed by atoms with van der Waals surface area (Å²) < 4.78 is 7.77. The van der Waals surface area contributed by atoms with Crippen LogP contribution in [0.2, 0.25) is 0 Å². The van der Waals surface area contributed by atoms with Crippen molar-refractivity contribution in [3.05, 3.63) is 40.8 Å². The Morgan fingerprint density at radius 1 is 1.35 bits per heavy atom.